The molecule has 0 saturated carbocycles. The summed E-state index contributed by atoms with van der Waals surface area (Å²) >= 11 is 0. The minimum Gasteiger partial charge on any atom is -0.444 e. The molecule has 37 heavy (non-hydrogen) atoms. The Bertz CT molecular complexity index is 1780. The SMILES string of the molecule is N#Cc1ccc(-c2cnc3n2CCN(C(=O)c2cc(Cc4n[nH]c(=O)c5ccccc45)ccc2F)C3)o1. The fraction of sp³-hybridized carbons (Fsp3) is 0.148. The molecule has 0 radical (unpaired) electrons. The van der Waals surface area contributed by atoms with Crippen molar-refractivity contribution in [2.75, 3.05) is 6.54 Å². The minimum atomic E-state index is -0.609. The predicted octanol–water partition coefficient (Wildman–Crippen LogP) is 3.64. The Kier molecular flexibility index (Phi) is 5.38. The number of benzene rings is 2. The maximum Gasteiger partial charge on any atom is 0.272 e. The Morgan fingerprint density at radius 1 is 1.14 bits per heavy atom. The molecule has 0 unspecified atom stereocenters. The molecule has 0 spiro atoms. The molecule has 3 aromatic heterocycles. The Labute approximate surface area is 209 Å². The van der Waals surface area contributed by atoms with Crippen LogP contribution in [0.1, 0.15) is 33.2 Å². The van der Waals surface area contributed by atoms with E-state index >= 15 is 0 Å². The van der Waals surface area contributed by atoms with Crippen molar-refractivity contribution in [1.82, 2.24) is 24.6 Å². The number of H-pyrrole nitrogens is 1. The van der Waals surface area contributed by atoms with Crippen LogP contribution in [0.2, 0.25) is 0 Å². The summed E-state index contributed by atoms with van der Waals surface area (Å²) in [6.45, 7) is 1.02. The predicted molar refractivity (Wildman–Crippen MR) is 131 cm³/mol. The summed E-state index contributed by atoms with van der Waals surface area (Å²) in [6.07, 6.45) is 1.96. The van der Waals surface area contributed by atoms with Gasteiger partial charge in [-0.3, -0.25) is 9.59 Å². The molecule has 1 aliphatic rings. The van der Waals surface area contributed by atoms with E-state index in [1.165, 1.54) is 12.1 Å². The third-order valence-corrected chi connectivity index (χ3v) is 6.53. The lowest BCUT2D eigenvalue weighted by Gasteiger charge is -2.28. The number of hydrogen-bond acceptors (Lipinski definition) is 6. The number of amides is 1. The first-order valence-electron chi connectivity index (χ1n) is 11.6. The van der Waals surface area contributed by atoms with Gasteiger partial charge in [-0.2, -0.15) is 10.4 Å². The molecular weight excluding hydrogens is 475 g/mol. The normalized spacial score (nSPS) is 12.9. The van der Waals surface area contributed by atoms with Crippen LogP contribution in [-0.2, 0) is 19.5 Å². The van der Waals surface area contributed by atoms with Gasteiger partial charge in [0, 0.05) is 24.9 Å². The van der Waals surface area contributed by atoms with Crippen molar-refractivity contribution >= 4 is 16.7 Å². The lowest BCUT2D eigenvalue weighted by Crippen LogP contribution is -2.39. The van der Waals surface area contributed by atoms with Gasteiger partial charge in [-0.25, -0.2) is 14.5 Å². The van der Waals surface area contributed by atoms with Gasteiger partial charge in [0.25, 0.3) is 11.5 Å². The summed E-state index contributed by atoms with van der Waals surface area (Å²) in [6, 6.07) is 16.8. The smallest absolute Gasteiger partial charge is 0.272 e. The third kappa shape index (κ3) is 3.96. The zero-order valence-electron chi connectivity index (χ0n) is 19.4. The summed E-state index contributed by atoms with van der Waals surface area (Å²) < 4.78 is 22.3. The Morgan fingerprint density at radius 3 is 2.78 bits per heavy atom. The van der Waals surface area contributed by atoms with Crippen molar-refractivity contribution in [3.63, 3.8) is 0 Å². The van der Waals surface area contributed by atoms with Crippen molar-refractivity contribution in [2.24, 2.45) is 0 Å². The highest BCUT2D eigenvalue weighted by atomic mass is 19.1. The molecule has 5 aromatic rings. The summed E-state index contributed by atoms with van der Waals surface area (Å²) in [5.41, 5.74) is 1.73. The number of imidazole rings is 1. The maximum absolute atomic E-state index is 14.8. The monoisotopic (exact) mass is 494 g/mol. The number of nitrogens with one attached hydrogen (secondary N) is 1. The van der Waals surface area contributed by atoms with Crippen LogP contribution < -0.4 is 5.56 Å². The summed E-state index contributed by atoms with van der Waals surface area (Å²) in [5, 5.41) is 16.9. The number of aromatic nitrogens is 4. The van der Waals surface area contributed by atoms with E-state index in [0.717, 1.165) is 5.69 Å². The minimum absolute atomic E-state index is 0.0313. The summed E-state index contributed by atoms with van der Waals surface area (Å²) in [4.78, 5) is 31.4. The van der Waals surface area contributed by atoms with Crippen LogP contribution in [0, 0.1) is 17.1 Å². The molecule has 1 N–H and O–H groups in total. The van der Waals surface area contributed by atoms with Crippen LogP contribution in [0.5, 0.6) is 0 Å². The van der Waals surface area contributed by atoms with Gasteiger partial charge in [0.1, 0.15) is 23.4 Å². The average molecular weight is 494 g/mol. The van der Waals surface area contributed by atoms with Crippen molar-refractivity contribution in [3.05, 3.63) is 105 Å². The molecule has 6 rings (SSSR count). The van der Waals surface area contributed by atoms with E-state index in [1.807, 2.05) is 22.8 Å². The van der Waals surface area contributed by atoms with Gasteiger partial charge in [0.15, 0.2) is 5.76 Å². The van der Waals surface area contributed by atoms with Gasteiger partial charge in [-0.15, -0.1) is 0 Å². The molecule has 0 fully saturated rings. The molecule has 1 amide bonds. The quantitative estimate of drug-likeness (QED) is 0.407. The lowest BCUT2D eigenvalue weighted by atomic mass is 10.0. The summed E-state index contributed by atoms with van der Waals surface area (Å²) in [7, 11) is 0. The molecule has 0 saturated heterocycles. The van der Waals surface area contributed by atoms with Gasteiger partial charge < -0.3 is 13.9 Å². The Hall–Kier alpha value is -5.04. The van der Waals surface area contributed by atoms with Crippen LogP contribution in [0.3, 0.4) is 0 Å². The number of nitrogens with zero attached hydrogens (tertiary/aromatic N) is 5. The van der Waals surface area contributed by atoms with Crippen molar-refractivity contribution in [2.45, 2.75) is 19.5 Å². The van der Waals surface area contributed by atoms with E-state index in [1.54, 1.807) is 41.4 Å². The fourth-order valence-corrected chi connectivity index (χ4v) is 4.68. The van der Waals surface area contributed by atoms with Crippen molar-refractivity contribution in [1.29, 1.82) is 5.26 Å². The number of aromatic amines is 1. The zero-order valence-corrected chi connectivity index (χ0v) is 19.4. The van der Waals surface area contributed by atoms with Crippen LogP contribution in [-0.4, -0.2) is 37.1 Å². The van der Waals surface area contributed by atoms with Gasteiger partial charge >= 0.3 is 0 Å². The Balaban J connectivity index is 1.25. The second-order valence-corrected chi connectivity index (χ2v) is 8.75. The second-order valence-electron chi connectivity index (χ2n) is 8.75. The van der Waals surface area contributed by atoms with Crippen LogP contribution in [0.15, 0.2) is 70.0 Å². The van der Waals surface area contributed by atoms with E-state index in [4.69, 9.17) is 9.68 Å². The highest BCUT2D eigenvalue weighted by molar-refractivity contribution is 5.95. The zero-order chi connectivity index (χ0) is 25.5. The number of nitriles is 1. The number of fused-ring (bicyclic) bond motifs is 2. The molecule has 9 nitrogen and oxygen atoms in total. The first kappa shape index (κ1) is 22.4. The molecule has 2 aromatic carbocycles. The number of carbonyl (C=O) groups is 1. The first-order chi connectivity index (χ1) is 18.0. The largest absolute Gasteiger partial charge is 0.444 e. The standard InChI is InChI=1S/C27H19FN6O3/c28-21-7-5-16(12-22-18-3-1-2-4-19(18)26(35)32-31-22)11-20(21)27(36)33-9-10-34-23(14-30-25(34)15-33)24-8-6-17(13-29)37-24/h1-8,11,14H,9-10,12,15H2,(H,32,35). The van der Waals surface area contributed by atoms with Gasteiger partial charge in [-0.1, -0.05) is 24.3 Å². The fourth-order valence-electron chi connectivity index (χ4n) is 4.68. The number of carbonyl (C=O) groups excluding carboxylic acids is 1. The lowest BCUT2D eigenvalue weighted by molar-refractivity contribution is 0.0703. The molecule has 10 heteroatoms. The molecule has 4 heterocycles. The Morgan fingerprint density at radius 2 is 1.97 bits per heavy atom. The number of hydrogen-bond donors (Lipinski definition) is 1. The third-order valence-electron chi connectivity index (χ3n) is 6.53. The number of rotatable bonds is 4. The first-order valence-corrected chi connectivity index (χ1v) is 11.6. The van der Waals surface area contributed by atoms with Gasteiger partial charge in [0.05, 0.1) is 29.4 Å². The highest BCUT2D eigenvalue weighted by Gasteiger charge is 2.27. The molecule has 0 atom stereocenters. The van der Waals surface area contributed by atoms with Crippen LogP contribution in [0.25, 0.3) is 22.2 Å². The van der Waals surface area contributed by atoms with E-state index < -0.39 is 11.7 Å². The van der Waals surface area contributed by atoms with Gasteiger partial charge in [-0.05, 0) is 35.9 Å². The molecule has 0 aliphatic carbocycles. The highest BCUT2D eigenvalue weighted by Crippen LogP contribution is 2.27. The van der Waals surface area contributed by atoms with E-state index in [9.17, 15) is 14.0 Å². The second kappa shape index (κ2) is 8.87. The van der Waals surface area contributed by atoms with Gasteiger partial charge in [0.2, 0.25) is 5.76 Å². The van der Waals surface area contributed by atoms with Crippen molar-refractivity contribution < 1.29 is 13.6 Å². The van der Waals surface area contributed by atoms with Crippen molar-refractivity contribution in [3.8, 4) is 17.5 Å². The maximum atomic E-state index is 14.8. The molecular formula is C27H19FN6O3. The topological polar surface area (TPSA) is 121 Å². The summed E-state index contributed by atoms with van der Waals surface area (Å²) in [5.74, 6) is 0.335. The molecule has 0 bridgehead atoms. The van der Waals surface area contributed by atoms with E-state index in [-0.39, 0.29) is 23.4 Å². The molecule has 1 aliphatic heterocycles. The van der Waals surface area contributed by atoms with Crippen LogP contribution >= 0.6 is 0 Å². The number of furan rings is 1. The van der Waals surface area contributed by atoms with E-state index in [0.29, 0.717) is 53.1 Å². The number of halogens is 1. The van der Waals surface area contributed by atoms with E-state index in [2.05, 4.69) is 15.2 Å². The van der Waals surface area contributed by atoms with Crippen LogP contribution in [0.4, 0.5) is 4.39 Å². The average Bonchev–Trinajstić information content (AvgIpc) is 3.57. The molecule has 182 valence electrons.